The number of carbonyl (C=O) groups is 1. The fourth-order valence-electron chi connectivity index (χ4n) is 2.57. The highest BCUT2D eigenvalue weighted by atomic mass is 35.5. The molecule has 0 radical (unpaired) electrons. The first-order valence-corrected chi connectivity index (χ1v) is 7.20. The maximum Gasteiger partial charge on any atom is 0.338 e. The van der Waals surface area contributed by atoms with Crippen molar-refractivity contribution < 1.29 is 9.53 Å². The van der Waals surface area contributed by atoms with E-state index >= 15 is 0 Å². The lowest BCUT2D eigenvalue weighted by atomic mass is 9.94. The zero-order chi connectivity index (χ0) is 15.7. The van der Waals surface area contributed by atoms with Crippen LogP contribution in [0.5, 0.6) is 0 Å². The zero-order valence-electron chi connectivity index (χ0n) is 12.3. The Hall–Kier alpha value is -2.39. The topological polar surface area (TPSA) is 39.2 Å². The van der Waals surface area contributed by atoms with Gasteiger partial charge in [-0.2, -0.15) is 0 Å². The van der Waals surface area contributed by atoms with Crippen LogP contribution in [0.15, 0.2) is 48.8 Å². The van der Waals surface area contributed by atoms with Crippen molar-refractivity contribution in [3.8, 4) is 11.1 Å². The minimum absolute atomic E-state index is 0.400. The van der Waals surface area contributed by atoms with E-state index in [1.807, 2.05) is 31.3 Å². The van der Waals surface area contributed by atoms with E-state index in [4.69, 9.17) is 16.3 Å². The monoisotopic (exact) mass is 311 g/mol. The molecule has 0 aliphatic carbocycles. The van der Waals surface area contributed by atoms with Crippen molar-refractivity contribution in [2.24, 2.45) is 0 Å². The lowest BCUT2D eigenvalue weighted by Crippen LogP contribution is -2.04. The molecule has 0 atom stereocenters. The maximum absolute atomic E-state index is 12.0. The number of hydrogen-bond donors (Lipinski definition) is 0. The molecule has 0 unspecified atom stereocenters. The van der Waals surface area contributed by atoms with Crippen molar-refractivity contribution in [1.82, 2.24) is 4.98 Å². The van der Waals surface area contributed by atoms with Crippen LogP contribution >= 0.6 is 11.6 Å². The van der Waals surface area contributed by atoms with Crippen LogP contribution in [0.2, 0.25) is 5.02 Å². The van der Waals surface area contributed by atoms with Crippen molar-refractivity contribution >= 4 is 28.3 Å². The normalized spacial score (nSPS) is 10.7. The molecule has 0 aliphatic heterocycles. The summed E-state index contributed by atoms with van der Waals surface area (Å²) in [4.78, 5) is 16.2. The summed E-state index contributed by atoms with van der Waals surface area (Å²) < 4.78 is 4.87. The van der Waals surface area contributed by atoms with E-state index in [1.165, 1.54) is 7.11 Å². The Morgan fingerprint density at radius 3 is 2.68 bits per heavy atom. The van der Waals surface area contributed by atoms with E-state index in [9.17, 15) is 4.79 Å². The van der Waals surface area contributed by atoms with Gasteiger partial charge in [-0.05, 0) is 53.3 Å². The van der Waals surface area contributed by atoms with Crippen LogP contribution in [-0.2, 0) is 4.74 Å². The highest BCUT2D eigenvalue weighted by molar-refractivity contribution is 6.31. The molecule has 0 N–H and O–H groups in total. The number of hydrogen-bond acceptors (Lipinski definition) is 3. The summed E-state index contributed by atoms with van der Waals surface area (Å²) in [5.41, 5.74) is 3.31. The van der Waals surface area contributed by atoms with E-state index in [0.717, 1.165) is 27.5 Å². The lowest BCUT2D eigenvalue weighted by molar-refractivity contribution is 0.0601. The van der Waals surface area contributed by atoms with Crippen LogP contribution in [0.1, 0.15) is 15.9 Å². The average molecular weight is 312 g/mol. The summed E-state index contributed by atoms with van der Waals surface area (Å²) in [5.74, 6) is -0.400. The van der Waals surface area contributed by atoms with Gasteiger partial charge in [0.2, 0.25) is 0 Å². The van der Waals surface area contributed by atoms with Gasteiger partial charge in [0.05, 0.1) is 12.7 Å². The van der Waals surface area contributed by atoms with Gasteiger partial charge in [0.25, 0.3) is 0 Å². The number of benzene rings is 2. The largest absolute Gasteiger partial charge is 0.465 e. The number of pyridine rings is 1. The molecule has 0 saturated carbocycles. The average Bonchev–Trinajstić information content (AvgIpc) is 2.53. The first-order chi connectivity index (χ1) is 10.6. The molecule has 22 heavy (non-hydrogen) atoms. The third-order valence-corrected chi connectivity index (χ3v) is 3.90. The van der Waals surface area contributed by atoms with Crippen molar-refractivity contribution in [3.63, 3.8) is 0 Å². The summed E-state index contributed by atoms with van der Waals surface area (Å²) in [6, 6.07) is 11.3. The molecule has 110 valence electrons. The van der Waals surface area contributed by atoms with Crippen LogP contribution in [0, 0.1) is 6.92 Å². The molecule has 0 fully saturated rings. The molecule has 3 nitrogen and oxygen atoms in total. The number of ether oxygens (including phenoxy) is 1. The molecular formula is C18H14ClNO2. The SMILES string of the molecule is COC(=O)c1cc(Cl)ccc1-c1cc2cnccc2cc1C. The second-order valence-electron chi connectivity index (χ2n) is 5.07. The number of carbonyl (C=O) groups excluding carboxylic acids is 1. The molecule has 0 bridgehead atoms. The first kappa shape index (κ1) is 14.5. The number of aryl methyl sites for hydroxylation is 1. The summed E-state index contributed by atoms with van der Waals surface area (Å²) in [6.45, 7) is 2.02. The third kappa shape index (κ3) is 2.55. The second kappa shape index (κ2) is 5.78. The lowest BCUT2D eigenvalue weighted by Gasteiger charge is -2.12. The number of fused-ring (bicyclic) bond motifs is 1. The molecule has 1 aromatic heterocycles. The minimum atomic E-state index is -0.400. The number of rotatable bonds is 2. The molecule has 0 aliphatic rings. The number of esters is 1. The van der Waals surface area contributed by atoms with Gasteiger partial charge < -0.3 is 4.74 Å². The summed E-state index contributed by atoms with van der Waals surface area (Å²) >= 11 is 6.02. The Balaban J connectivity index is 2.27. The number of methoxy groups -OCH3 is 1. The quantitative estimate of drug-likeness (QED) is 0.647. The Kier molecular flexibility index (Phi) is 3.82. The zero-order valence-corrected chi connectivity index (χ0v) is 13.0. The number of nitrogens with zero attached hydrogens (tertiary/aromatic N) is 1. The van der Waals surface area contributed by atoms with E-state index in [1.54, 1.807) is 18.3 Å². The van der Waals surface area contributed by atoms with Gasteiger partial charge in [-0.25, -0.2) is 4.79 Å². The molecule has 0 saturated heterocycles. The predicted molar refractivity (Wildman–Crippen MR) is 88.3 cm³/mol. The second-order valence-corrected chi connectivity index (χ2v) is 5.51. The fraction of sp³-hybridized carbons (Fsp3) is 0.111. The highest BCUT2D eigenvalue weighted by Crippen LogP contribution is 2.32. The van der Waals surface area contributed by atoms with E-state index < -0.39 is 5.97 Å². The van der Waals surface area contributed by atoms with Crippen molar-refractivity contribution in [3.05, 3.63) is 64.9 Å². The van der Waals surface area contributed by atoms with Crippen LogP contribution in [0.25, 0.3) is 21.9 Å². The summed E-state index contributed by atoms with van der Waals surface area (Å²) in [7, 11) is 1.37. The fourth-order valence-corrected chi connectivity index (χ4v) is 2.74. The van der Waals surface area contributed by atoms with Crippen LogP contribution in [-0.4, -0.2) is 18.1 Å². The van der Waals surface area contributed by atoms with Gasteiger partial charge in [-0.15, -0.1) is 0 Å². The molecule has 3 rings (SSSR count). The summed E-state index contributed by atoms with van der Waals surface area (Å²) in [5, 5.41) is 2.64. The van der Waals surface area contributed by atoms with Gasteiger partial charge in [-0.3, -0.25) is 4.98 Å². The molecule has 0 amide bonds. The minimum Gasteiger partial charge on any atom is -0.465 e. The molecule has 2 aromatic carbocycles. The van der Waals surface area contributed by atoms with E-state index in [-0.39, 0.29) is 0 Å². The first-order valence-electron chi connectivity index (χ1n) is 6.83. The van der Waals surface area contributed by atoms with Gasteiger partial charge in [-0.1, -0.05) is 23.7 Å². The number of aromatic nitrogens is 1. The molecule has 0 spiro atoms. The van der Waals surface area contributed by atoms with E-state index in [2.05, 4.69) is 11.1 Å². The third-order valence-electron chi connectivity index (χ3n) is 3.66. The van der Waals surface area contributed by atoms with Crippen LogP contribution in [0.4, 0.5) is 0 Å². The molecule has 4 heteroatoms. The van der Waals surface area contributed by atoms with Gasteiger partial charge in [0.1, 0.15) is 0 Å². The van der Waals surface area contributed by atoms with Crippen molar-refractivity contribution in [1.29, 1.82) is 0 Å². The molecule has 3 aromatic rings. The van der Waals surface area contributed by atoms with E-state index in [0.29, 0.717) is 10.6 Å². The van der Waals surface area contributed by atoms with Crippen LogP contribution < -0.4 is 0 Å². The van der Waals surface area contributed by atoms with Gasteiger partial charge in [0.15, 0.2) is 0 Å². The Labute approximate surface area is 133 Å². The van der Waals surface area contributed by atoms with Gasteiger partial charge >= 0.3 is 5.97 Å². The van der Waals surface area contributed by atoms with Crippen molar-refractivity contribution in [2.45, 2.75) is 6.92 Å². The predicted octanol–water partition coefficient (Wildman–Crippen LogP) is 4.65. The standard InChI is InChI=1S/C18H14ClNO2/c1-11-7-12-5-6-20-10-13(12)8-16(11)15-4-3-14(19)9-17(15)18(21)22-2/h3-10H,1-2H3. The highest BCUT2D eigenvalue weighted by Gasteiger charge is 2.16. The molecule has 1 heterocycles. The molecular weight excluding hydrogens is 298 g/mol. The van der Waals surface area contributed by atoms with Gasteiger partial charge in [0, 0.05) is 22.8 Å². The number of halogens is 1. The van der Waals surface area contributed by atoms with Crippen molar-refractivity contribution in [2.75, 3.05) is 7.11 Å². The Morgan fingerprint density at radius 1 is 1.09 bits per heavy atom. The Morgan fingerprint density at radius 2 is 1.91 bits per heavy atom. The maximum atomic E-state index is 12.0. The van der Waals surface area contributed by atoms with Crippen LogP contribution in [0.3, 0.4) is 0 Å². The Bertz CT molecular complexity index is 874. The summed E-state index contributed by atoms with van der Waals surface area (Å²) in [6.07, 6.45) is 3.58. The smallest absolute Gasteiger partial charge is 0.338 e.